The SMILES string of the molecule is Cn1cc(S(=O)(=O)N2CCOCC2)cc1C(=O)Nc1ccccc1Cl. The monoisotopic (exact) mass is 383 g/mol. The number of nitrogens with zero attached hydrogens (tertiary/aromatic N) is 2. The number of rotatable bonds is 4. The van der Waals surface area contributed by atoms with E-state index < -0.39 is 15.9 Å². The van der Waals surface area contributed by atoms with Crippen LogP contribution >= 0.6 is 11.6 Å². The Morgan fingerprint density at radius 2 is 1.92 bits per heavy atom. The molecule has 2 aromatic rings. The van der Waals surface area contributed by atoms with Crippen molar-refractivity contribution < 1.29 is 17.9 Å². The maximum atomic E-state index is 12.7. The van der Waals surface area contributed by atoms with Crippen LogP contribution in [0.25, 0.3) is 0 Å². The molecule has 0 spiro atoms. The number of hydrogen-bond donors (Lipinski definition) is 1. The van der Waals surface area contributed by atoms with Crippen molar-refractivity contribution in [3.05, 3.63) is 47.2 Å². The smallest absolute Gasteiger partial charge is 0.272 e. The number of ether oxygens (including phenoxy) is 1. The van der Waals surface area contributed by atoms with Gasteiger partial charge in [0.25, 0.3) is 5.91 Å². The van der Waals surface area contributed by atoms with Gasteiger partial charge in [0.05, 0.1) is 23.9 Å². The maximum Gasteiger partial charge on any atom is 0.272 e. The third-order valence-electron chi connectivity index (χ3n) is 3.94. The average Bonchev–Trinajstić information content (AvgIpc) is 3.00. The Bertz CT molecular complexity index is 889. The zero-order valence-electron chi connectivity index (χ0n) is 13.6. The lowest BCUT2D eigenvalue weighted by Gasteiger charge is -2.25. The Labute approximate surface area is 151 Å². The molecule has 1 N–H and O–H groups in total. The number of nitrogens with one attached hydrogen (secondary N) is 1. The highest BCUT2D eigenvalue weighted by molar-refractivity contribution is 7.89. The normalized spacial score (nSPS) is 15.9. The molecule has 1 fully saturated rings. The van der Waals surface area contributed by atoms with Crippen LogP contribution in [-0.4, -0.2) is 49.5 Å². The van der Waals surface area contributed by atoms with Gasteiger partial charge in [-0.15, -0.1) is 0 Å². The zero-order chi connectivity index (χ0) is 18.0. The number of para-hydroxylation sites is 1. The largest absolute Gasteiger partial charge is 0.379 e. The Morgan fingerprint density at radius 3 is 2.60 bits per heavy atom. The number of halogens is 1. The number of aryl methyl sites for hydroxylation is 1. The first-order valence-electron chi connectivity index (χ1n) is 7.70. The van der Waals surface area contributed by atoms with Crippen LogP contribution in [-0.2, 0) is 21.8 Å². The highest BCUT2D eigenvalue weighted by atomic mass is 35.5. The summed E-state index contributed by atoms with van der Waals surface area (Å²) in [6.45, 7) is 1.34. The van der Waals surface area contributed by atoms with Crippen molar-refractivity contribution in [2.24, 2.45) is 7.05 Å². The molecule has 1 aliphatic rings. The van der Waals surface area contributed by atoms with Gasteiger partial charge in [-0.3, -0.25) is 4.79 Å². The molecule has 0 atom stereocenters. The molecule has 1 saturated heterocycles. The molecule has 0 aliphatic carbocycles. The number of carbonyl (C=O) groups excluding carboxylic acids is 1. The summed E-state index contributed by atoms with van der Waals surface area (Å²) in [5.74, 6) is -0.431. The number of hydrogen-bond acceptors (Lipinski definition) is 4. The van der Waals surface area contributed by atoms with Crippen molar-refractivity contribution in [3.8, 4) is 0 Å². The second-order valence-corrected chi connectivity index (χ2v) is 7.97. The van der Waals surface area contributed by atoms with Gasteiger partial charge in [-0.1, -0.05) is 23.7 Å². The fourth-order valence-electron chi connectivity index (χ4n) is 2.59. The summed E-state index contributed by atoms with van der Waals surface area (Å²) in [7, 11) is -2.03. The van der Waals surface area contributed by atoms with Crippen molar-refractivity contribution in [2.45, 2.75) is 4.90 Å². The number of sulfonamides is 1. The first kappa shape index (κ1) is 17.9. The van der Waals surface area contributed by atoms with Crippen LogP contribution < -0.4 is 5.32 Å². The Hall–Kier alpha value is -1.87. The molecule has 7 nitrogen and oxygen atoms in total. The summed E-state index contributed by atoms with van der Waals surface area (Å²) in [4.78, 5) is 12.6. The highest BCUT2D eigenvalue weighted by Gasteiger charge is 2.28. The second kappa shape index (κ2) is 7.17. The zero-order valence-corrected chi connectivity index (χ0v) is 15.2. The molecule has 1 aliphatic heterocycles. The lowest BCUT2D eigenvalue weighted by atomic mass is 10.3. The molecule has 1 amide bonds. The van der Waals surface area contributed by atoms with Crippen molar-refractivity contribution >= 4 is 33.2 Å². The average molecular weight is 384 g/mol. The summed E-state index contributed by atoms with van der Waals surface area (Å²) < 4.78 is 33.4. The minimum Gasteiger partial charge on any atom is -0.379 e. The van der Waals surface area contributed by atoms with Crippen LogP contribution in [0.5, 0.6) is 0 Å². The fourth-order valence-corrected chi connectivity index (χ4v) is 4.25. The van der Waals surface area contributed by atoms with E-state index in [2.05, 4.69) is 5.32 Å². The van der Waals surface area contributed by atoms with Gasteiger partial charge in [-0.2, -0.15) is 4.31 Å². The third kappa shape index (κ3) is 3.72. The molecule has 9 heteroatoms. The summed E-state index contributed by atoms with van der Waals surface area (Å²) >= 11 is 6.04. The Kier molecular flexibility index (Phi) is 5.14. The predicted molar refractivity (Wildman–Crippen MR) is 94.4 cm³/mol. The molecule has 2 heterocycles. The molecule has 0 bridgehead atoms. The minimum absolute atomic E-state index is 0.0845. The molecule has 1 aromatic carbocycles. The fraction of sp³-hybridized carbons (Fsp3) is 0.312. The number of morpholine rings is 1. The van der Waals surface area contributed by atoms with Gasteiger partial charge in [0.2, 0.25) is 10.0 Å². The van der Waals surface area contributed by atoms with Crippen molar-refractivity contribution in [1.82, 2.24) is 8.87 Å². The van der Waals surface area contributed by atoms with Crippen LogP contribution in [0, 0.1) is 0 Å². The van der Waals surface area contributed by atoms with E-state index in [0.29, 0.717) is 37.0 Å². The van der Waals surface area contributed by atoms with Gasteiger partial charge >= 0.3 is 0 Å². The topological polar surface area (TPSA) is 80.6 Å². The first-order valence-corrected chi connectivity index (χ1v) is 9.51. The summed E-state index contributed by atoms with van der Waals surface area (Å²) in [5, 5.41) is 3.10. The van der Waals surface area contributed by atoms with Crippen LogP contribution in [0.1, 0.15) is 10.5 Å². The summed E-state index contributed by atoms with van der Waals surface area (Å²) in [6, 6.07) is 8.22. The molecular formula is C16H18ClN3O4S. The Morgan fingerprint density at radius 1 is 1.24 bits per heavy atom. The highest BCUT2D eigenvalue weighted by Crippen LogP contribution is 2.23. The molecule has 25 heavy (non-hydrogen) atoms. The van der Waals surface area contributed by atoms with E-state index in [1.54, 1.807) is 31.3 Å². The van der Waals surface area contributed by atoms with Crippen LogP contribution in [0.2, 0.25) is 5.02 Å². The van der Waals surface area contributed by atoms with E-state index in [1.165, 1.54) is 21.1 Å². The van der Waals surface area contributed by atoms with Crippen LogP contribution in [0.4, 0.5) is 5.69 Å². The van der Waals surface area contributed by atoms with E-state index in [4.69, 9.17) is 16.3 Å². The lowest BCUT2D eigenvalue weighted by Crippen LogP contribution is -2.40. The number of carbonyl (C=O) groups is 1. The molecule has 0 radical (unpaired) electrons. The molecule has 134 valence electrons. The maximum absolute atomic E-state index is 12.7. The van der Waals surface area contributed by atoms with Gasteiger partial charge in [-0.25, -0.2) is 8.42 Å². The molecular weight excluding hydrogens is 366 g/mol. The Balaban J connectivity index is 1.84. The number of anilines is 1. The second-order valence-electron chi connectivity index (χ2n) is 5.62. The van der Waals surface area contributed by atoms with Crippen molar-refractivity contribution in [1.29, 1.82) is 0 Å². The van der Waals surface area contributed by atoms with Crippen LogP contribution in [0.3, 0.4) is 0 Å². The standard InChI is InChI=1S/C16H18ClN3O4S/c1-19-11-12(25(22,23)20-6-8-24-9-7-20)10-15(19)16(21)18-14-5-3-2-4-13(14)17/h2-5,10-11H,6-9H2,1H3,(H,18,21). The van der Waals surface area contributed by atoms with Crippen LogP contribution in [0.15, 0.2) is 41.4 Å². The van der Waals surface area contributed by atoms with Gasteiger partial charge < -0.3 is 14.6 Å². The van der Waals surface area contributed by atoms with Gasteiger partial charge in [0.15, 0.2) is 0 Å². The minimum atomic E-state index is -3.65. The molecule has 0 unspecified atom stereocenters. The van der Waals surface area contributed by atoms with Crippen molar-refractivity contribution in [2.75, 3.05) is 31.6 Å². The van der Waals surface area contributed by atoms with Gasteiger partial charge in [0, 0.05) is 26.3 Å². The third-order valence-corrected chi connectivity index (χ3v) is 6.14. The van der Waals surface area contributed by atoms with E-state index in [1.807, 2.05) is 0 Å². The van der Waals surface area contributed by atoms with Gasteiger partial charge in [0.1, 0.15) is 10.6 Å². The number of aromatic nitrogens is 1. The summed E-state index contributed by atoms with van der Waals surface area (Å²) in [6.07, 6.45) is 1.44. The van der Waals surface area contributed by atoms with E-state index >= 15 is 0 Å². The quantitative estimate of drug-likeness (QED) is 0.875. The predicted octanol–water partition coefficient (Wildman–Crippen LogP) is 1.95. The summed E-state index contributed by atoms with van der Waals surface area (Å²) in [5.41, 5.74) is 0.694. The van der Waals surface area contributed by atoms with E-state index in [9.17, 15) is 13.2 Å². The first-order chi connectivity index (χ1) is 11.9. The molecule has 3 rings (SSSR count). The number of benzene rings is 1. The lowest BCUT2D eigenvalue weighted by molar-refractivity contribution is 0.0730. The number of amides is 1. The van der Waals surface area contributed by atoms with Gasteiger partial charge in [-0.05, 0) is 18.2 Å². The van der Waals surface area contributed by atoms with Crippen molar-refractivity contribution in [3.63, 3.8) is 0 Å². The molecule has 1 aromatic heterocycles. The molecule has 0 saturated carbocycles. The van der Waals surface area contributed by atoms with E-state index in [0.717, 1.165) is 0 Å². The van der Waals surface area contributed by atoms with E-state index in [-0.39, 0.29) is 10.6 Å².